The molecule has 0 amide bonds. The van der Waals surface area contributed by atoms with Crippen LogP contribution in [0.25, 0.3) is 0 Å². The number of rotatable bonds is 6. The highest BCUT2D eigenvalue weighted by Crippen LogP contribution is 2.26. The second-order valence-electron chi connectivity index (χ2n) is 5.22. The largest absolute Gasteiger partial charge is 0.378 e. The van der Waals surface area contributed by atoms with Crippen LogP contribution in [0.15, 0.2) is 29.2 Å². The lowest BCUT2D eigenvalue weighted by Crippen LogP contribution is -2.41. The third-order valence-electron chi connectivity index (χ3n) is 4.04. The number of likely N-dealkylation sites (tertiary alicyclic amines) is 1. The van der Waals surface area contributed by atoms with E-state index < -0.39 is 0 Å². The SMILES string of the molecule is CCOC1CCN(C(CN)c2ccc(SC)cc2)CC1. The van der Waals surface area contributed by atoms with E-state index in [2.05, 4.69) is 42.3 Å². The Balaban J connectivity index is 1.97. The summed E-state index contributed by atoms with van der Waals surface area (Å²) in [5.74, 6) is 0. The van der Waals surface area contributed by atoms with Crippen LogP contribution in [0.4, 0.5) is 0 Å². The van der Waals surface area contributed by atoms with E-state index in [0.29, 0.717) is 18.7 Å². The number of piperidine rings is 1. The summed E-state index contributed by atoms with van der Waals surface area (Å²) in [5.41, 5.74) is 7.35. The van der Waals surface area contributed by atoms with E-state index in [1.54, 1.807) is 11.8 Å². The zero-order valence-electron chi connectivity index (χ0n) is 12.5. The summed E-state index contributed by atoms with van der Waals surface area (Å²) in [7, 11) is 0. The molecular formula is C16H26N2OS. The average Bonchev–Trinajstić information content (AvgIpc) is 2.51. The van der Waals surface area contributed by atoms with Gasteiger partial charge in [0.2, 0.25) is 0 Å². The van der Waals surface area contributed by atoms with Crippen molar-refractivity contribution in [1.29, 1.82) is 0 Å². The second kappa shape index (κ2) is 8.03. The first-order valence-electron chi connectivity index (χ1n) is 7.48. The van der Waals surface area contributed by atoms with E-state index in [0.717, 1.165) is 32.5 Å². The lowest BCUT2D eigenvalue weighted by molar-refractivity contribution is 0.00451. The van der Waals surface area contributed by atoms with Gasteiger partial charge in [-0.15, -0.1) is 11.8 Å². The molecule has 2 rings (SSSR count). The van der Waals surface area contributed by atoms with Gasteiger partial charge in [0.15, 0.2) is 0 Å². The molecule has 1 aliphatic rings. The van der Waals surface area contributed by atoms with Crippen molar-refractivity contribution < 1.29 is 4.74 Å². The van der Waals surface area contributed by atoms with Crippen LogP contribution in [0.2, 0.25) is 0 Å². The average molecular weight is 294 g/mol. The first-order chi connectivity index (χ1) is 9.78. The highest BCUT2D eigenvalue weighted by molar-refractivity contribution is 7.98. The predicted octanol–water partition coefficient (Wildman–Crippen LogP) is 2.91. The van der Waals surface area contributed by atoms with Gasteiger partial charge in [0.05, 0.1) is 6.10 Å². The van der Waals surface area contributed by atoms with Crippen molar-refractivity contribution in [2.45, 2.75) is 36.8 Å². The van der Waals surface area contributed by atoms with Crippen molar-refractivity contribution in [2.24, 2.45) is 5.73 Å². The van der Waals surface area contributed by atoms with Crippen LogP contribution in [0, 0.1) is 0 Å². The number of benzene rings is 1. The first kappa shape index (κ1) is 15.8. The first-order valence-corrected chi connectivity index (χ1v) is 8.70. The molecule has 20 heavy (non-hydrogen) atoms. The summed E-state index contributed by atoms with van der Waals surface area (Å²) in [6.07, 6.45) is 4.78. The van der Waals surface area contributed by atoms with Crippen molar-refractivity contribution in [2.75, 3.05) is 32.5 Å². The van der Waals surface area contributed by atoms with Crippen LogP contribution in [-0.4, -0.2) is 43.5 Å². The molecule has 1 saturated heterocycles. The van der Waals surface area contributed by atoms with Gasteiger partial charge in [-0.1, -0.05) is 12.1 Å². The van der Waals surface area contributed by atoms with Gasteiger partial charge in [0.25, 0.3) is 0 Å². The number of hydrogen-bond donors (Lipinski definition) is 1. The molecule has 1 aliphatic heterocycles. The Labute approximate surface area is 126 Å². The van der Waals surface area contributed by atoms with Crippen molar-refractivity contribution in [3.63, 3.8) is 0 Å². The molecule has 0 saturated carbocycles. The lowest BCUT2D eigenvalue weighted by Gasteiger charge is -2.37. The molecule has 4 heteroatoms. The predicted molar refractivity (Wildman–Crippen MR) is 86.2 cm³/mol. The number of ether oxygens (including phenoxy) is 1. The van der Waals surface area contributed by atoms with Crippen molar-refractivity contribution >= 4 is 11.8 Å². The van der Waals surface area contributed by atoms with Crippen molar-refractivity contribution in [1.82, 2.24) is 4.90 Å². The Morgan fingerprint density at radius 1 is 1.30 bits per heavy atom. The van der Waals surface area contributed by atoms with Gasteiger partial charge in [-0.25, -0.2) is 0 Å². The van der Waals surface area contributed by atoms with Crippen LogP contribution in [0.3, 0.4) is 0 Å². The molecule has 1 heterocycles. The topological polar surface area (TPSA) is 38.5 Å². The third-order valence-corrected chi connectivity index (χ3v) is 4.79. The van der Waals surface area contributed by atoms with Gasteiger partial charge in [-0.05, 0) is 43.7 Å². The zero-order valence-corrected chi connectivity index (χ0v) is 13.4. The molecule has 2 N–H and O–H groups in total. The van der Waals surface area contributed by atoms with Crippen LogP contribution >= 0.6 is 11.8 Å². The minimum Gasteiger partial charge on any atom is -0.378 e. The molecule has 0 aliphatic carbocycles. The molecule has 1 fully saturated rings. The van der Waals surface area contributed by atoms with Crippen LogP contribution in [0.1, 0.15) is 31.4 Å². The molecule has 1 atom stereocenters. The Hall–Kier alpha value is -0.550. The molecule has 1 aromatic carbocycles. The fraction of sp³-hybridized carbons (Fsp3) is 0.625. The fourth-order valence-electron chi connectivity index (χ4n) is 2.91. The summed E-state index contributed by atoms with van der Waals surface area (Å²) in [5, 5.41) is 0. The minimum atomic E-state index is 0.341. The van der Waals surface area contributed by atoms with Gasteiger partial charge in [-0.2, -0.15) is 0 Å². The Morgan fingerprint density at radius 3 is 2.45 bits per heavy atom. The summed E-state index contributed by atoms with van der Waals surface area (Å²) < 4.78 is 5.72. The van der Waals surface area contributed by atoms with E-state index >= 15 is 0 Å². The number of thioether (sulfide) groups is 1. The smallest absolute Gasteiger partial charge is 0.0599 e. The fourth-order valence-corrected chi connectivity index (χ4v) is 3.32. The number of nitrogens with two attached hydrogens (primary N) is 1. The monoisotopic (exact) mass is 294 g/mol. The van der Waals surface area contributed by atoms with Crippen LogP contribution in [-0.2, 0) is 4.74 Å². The van der Waals surface area contributed by atoms with E-state index in [4.69, 9.17) is 10.5 Å². The van der Waals surface area contributed by atoms with Crippen LogP contribution < -0.4 is 5.73 Å². The van der Waals surface area contributed by atoms with Gasteiger partial charge in [0.1, 0.15) is 0 Å². The third kappa shape index (κ3) is 3.98. The van der Waals surface area contributed by atoms with Crippen molar-refractivity contribution in [3.8, 4) is 0 Å². The highest BCUT2D eigenvalue weighted by atomic mass is 32.2. The molecular weight excluding hydrogens is 268 g/mol. The number of hydrogen-bond acceptors (Lipinski definition) is 4. The molecule has 1 aromatic rings. The quantitative estimate of drug-likeness (QED) is 0.819. The summed E-state index contributed by atoms with van der Waals surface area (Å²) in [6.45, 7) is 5.73. The molecule has 3 nitrogen and oxygen atoms in total. The van der Waals surface area contributed by atoms with Gasteiger partial charge in [-0.3, -0.25) is 4.90 Å². The standard InChI is InChI=1S/C16H26N2OS/c1-3-19-14-8-10-18(11-9-14)16(12-17)13-4-6-15(20-2)7-5-13/h4-7,14,16H,3,8-12,17H2,1-2H3. The van der Waals surface area contributed by atoms with Gasteiger partial charge in [0, 0.05) is 37.2 Å². The summed E-state index contributed by atoms with van der Waals surface area (Å²) in [4.78, 5) is 3.81. The molecule has 0 spiro atoms. The van der Waals surface area contributed by atoms with E-state index in [1.165, 1.54) is 10.5 Å². The summed E-state index contributed by atoms with van der Waals surface area (Å²) in [6, 6.07) is 9.16. The summed E-state index contributed by atoms with van der Waals surface area (Å²) >= 11 is 1.78. The zero-order chi connectivity index (χ0) is 14.4. The molecule has 0 radical (unpaired) electrons. The molecule has 112 valence electrons. The molecule has 1 unspecified atom stereocenters. The number of nitrogens with zero attached hydrogens (tertiary/aromatic N) is 1. The maximum atomic E-state index is 6.02. The van der Waals surface area contributed by atoms with Crippen LogP contribution in [0.5, 0.6) is 0 Å². The molecule has 0 bridgehead atoms. The van der Waals surface area contributed by atoms with Crippen molar-refractivity contribution in [3.05, 3.63) is 29.8 Å². The lowest BCUT2D eigenvalue weighted by atomic mass is 10.0. The Kier molecular flexibility index (Phi) is 6.36. The highest BCUT2D eigenvalue weighted by Gasteiger charge is 2.25. The minimum absolute atomic E-state index is 0.341. The Morgan fingerprint density at radius 2 is 1.95 bits per heavy atom. The second-order valence-corrected chi connectivity index (χ2v) is 6.09. The van der Waals surface area contributed by atoms with Gasteiger partial charge >= 0.3 is 0 Å². The normalized spacial score (nSPS) is 19.1. The van der Waals surface area contributed by atoms with Gasteiger partial charge < -0.3 is 10.5 Å². The van der Waals surface area contributed by atoms with E-state index in [-0.39, 0.29) is 0 Å². The van der Waals surface area contributed by atoms with E-state index in [9.17, 15) is 0 Å². The maximum Gasteiger partial charge on any atom is 0.0599 e. The molecule has 0 aromatic heterocycles. The van der Waals surface area contributed by atoms with E-state index in [1.807, 2.05) is 0 Å². The maximum absolute atomic E-state index is 6.02. The Bertz CT molecular complexity index is 388.